The molecule has 0 saturated heterocycles. The largest absolute Gasteiger partial charge is 0.338 e. The lowest BCUT2D eigenvalue weighted by atomic mass is 10.0. The molecule has 0 rings (SSSR count). The summed E-state index contributed by atoms with van der Waals surface area (Å²) in [4.78, 5) is 0. The monoisotopic (exact) mass is 234 g/mol. The van der Waals surface area contributed by atoms with Crippen molar-refractivity contribution in [1.82, 2.24) is 0 Å². The van der Waals surface area contributed by atoms with Crippen LogP contribution in [0.5, 0.6) is 0 Å². The molecule has 0 nitrogen and oxygen atoms in total. The van der Waals surface area contributed by atoms with Crippen molar-refractivity contribution in [1.29, 1.82) is 0 Å². The summed E-state index contributed by atoms with van der Waals surface area (Å²) in [5.41, 5.74) is -7.46. The summed E-state index contributed by atoms with van der Waals surface area (Å²) in [5, 5.41) is 0. The predicted molar refractivity (Wildman–Crippen MR) is 48.4 cm³/mol. The minimum absolute atomic E-state index is 0.473. The Labute approximate surface area is 81.5 Å². The molecule has 0 radical (unpaired) electrons. The molecule has 0 unspecified atom stereocenters. The van der Waals surface area contributed by atoms with Crippen LogP contribution in [0.25, 0.3) is 0 Å². The minimum atomic E-state index is -4.62. The van der Waals surface area contributed by atoms with E-state index in [9.17, 15) is 22.0 Å². The Morgan fingerprint density at radius 2 is 1.07 bits per heavy atom. The Kier molecular flexibility index (Phi) is 3.15. The molecule has 0 aromatic carbocycles. The van der Waals surface area contributed by atoms with Gasteiger partial charge >= 0.3 is 5.92 Å². The van der Waals surface area contributed by atoms with Crippen molar-refractivity contribution in [2.45, 2.75) is 50.6 Å². The molecule has 0 saturated carbocycles. The van der Waals surface area contributed by atoms with Gasteiger partial charge in [0.05, 0.1) is 0 Å². The van der Waals surface area contributed by atoms with E-state index in [0.717, 1.165) is 19.6 Å². The summed E-state index contributed by atoms with van der Waals surface area (Å²) < 4.78 is 65.8. The standard InChI is InChI=1S/C8H15F5Si/c1-6(2,9)7(10,11)8(12,13)14(3,4)5/h1-5H3. The van der Waals surface area contributed by atoms with Gasteiger partial charge in [-0.05, 0) is 13.8 Å². The molecule has 0 bridgehead atoms. The second kappa shape index (κ2) is 3.18. The Balaban J connectivity index is 5.30. The van der Waals surface area contributed by atoms with Crippen LogP contribution >= 0.6 is 0 Å². The predicted octanol–water partition coefficient (Wildman–Crippen LogP) is 3.88. The molecule has 6 heteroatoms. The lowest BCUT2D eigenvalue weighted by Gasteiger charge is -2.39. The first-order valence-corrected chi connectivity index (χ1v) is 7.69. The summed E-state index contributed by atoms with van der Waals surface area (Å²) in [7, 11) is -3.45. The third-order valence-electron chi connectivity index (χ3n) is 2.08. The van der Waals surface area contributed by atoms with E-state index in [1.807, 2.05) is 0 Å². The van der Waals surface area contributed by atoms with Crippen LogP contribution in [0.15, 0.2) is 0 Å². The topological polar surface area (TPSA) is 0 Å². The van der Waals surface area contributed by atoms with Crippen molar-refractivity contribution in [3.8, 4) is 0 Å². The van der Waals surface area contributed by atoms with Crippen LogP contribution in [0.1, 0.15) is 13.8 Å². The molecule has 0 aliphatic carbocycles. The van der Waals surface area contributed by atoms with Gasteiger partial charge in [-0.25, -0.2) is 13.2 Å². The van der Waals surface area contributed by atoms with E-state index >= 15 is 0 Å². The molecule has 86 valence electrons. The molecule has 0 aromatic rings. The summed E-state index contributed by atoms with van der Waals surface area (Å²) in [5.74, 6) is -4.62. The fourth-order valence-corrected chi connectivity index (χ4v) is 2.08. The maximum absolute atomic E-state index is 13.3. The normalized spacial score (nSPS) is 15.9. The molecule has 0 aromatic heterocycles. The second-order valence-corrected chi connectivity index (χ2v) is 10.00. The van der Waals surface area contributed by atoms with Gasteiger partial charge in [-0.3, -0.25) is 0 Å². The number of hydrogen-bond donors (Lipinski definition) is 0. The van der Waals surface area contributed by atoms with Gasteiger partial charge in [-0.15, -0.1) is 0 Å². The minimum Gasteiger partial charge on any atom is -0.238 e. The molecule has 0 heterocycles. The van der Waals surface area contributed by atoms with E-state index in [-0.39, 0.29) is 0 Å². The Morgan fingerprint density at radius 1 is 0.786 bits per heavy atom. The summed E-state index contributed by atoms with van der Waals surface area (Å²) in [6, 6.07) is 0. The molecular weight excluding hydrogens is 219 g/mol. The highest BCUT2D eigenvalue weighted by molar-refractivity contribution is 6.78. The van der Waals surface area contributed by atoms with Crippen LogP contribution < -0.4 is 0 Å². The zero-order valence-corrected chi connectivity index (χ0v) is 9.89. The van der Waals surface area contributed by atoms with Crippen LogP contribution in [0, 0.1) is 0 Å². The van der Waals surface area contributed by atoms with E-state index in [1.165, 1.54) is 0 Å². The van der Waals surface area contributed by atoms with E-state index in [2.05, 4.69) is 0 Å². The number of halogens is 5. The van der Waals surface area contributed by atoms with E-state index < -0.39 is 25.2 Å². The van der Waals surface area contributed by atoms with Crippen LogP contribution in [-0.4, -0.2) is 25.2 Å². The second-order valence-electron chi connectivity index (χ2n) is 4.87. The third kappa shape index (κ3) is 1.94. The molecule has 14 heavy (non-hydrogen) atoms. The molecule has 0 fully saturated rings. The van der Waals surface area contributed by atoms with Crippen LogP contribution in [0.2, 0.25) is 19.6 Å². The summed E-state index contributed by atoms with van der Waals surface area (Å²) in [6.07, 6.45) is 0. The highest BCUT2D eigenvalue weighted by Crippen LogP contribution is 2.48. The van der Waals surface area contributed by atoms with Crippen molar-refractivity contribution >= 4 is 8.07 Å². The molecule has 0 amide bonds. The average molecular weight is 234 g/mol. The first-order chi connectivity index (χ1) is 5.75. The molecule has 0 aliphatic heterocycles. The first-order valence-electron chi connectivity index (χ1n) is 4.19. The van der Waals surface area contributed by atoms with E-state index in [0.29, 0.717) is 13.8 Å². The van der Waals surface area contributed by atoms with Gasteiger partial charge in [-0.1, -0.05) is 19.6 Å². The fourth-order valence-electron chi connectivity index (χ4n) is 0.844. The third-order valence-corrected chi connectivity index (χ3v) is 4.28. The van der Waals surface area contributed by atoms with Gasteiger partial charge < -0.3 is 0 Å². The van der Waals surface area contributed by atoms with Crippen LogP contribution in [0.4, 0.5) is 22.0 Å². The van der Waals surface area contributed by atoms with E-state index in [4.69, 9.17) is 0 Å². The average Bonchev–Trinajstić information content (AvgIpc) is 1.81. The SMILES string of the molecule is CC(C)(F)C(F)(F)C(F)(F)[Si](C)(C)C. The van der Waals surface area contributed by atoms with Gasteiger partial charge in [0.15, 0.2) is 5.67 Å². The summed E-state index contributed by atoms with van der Waals surface area (Å²) in [6.45, 7) is 4.22. The smallest absolute Gasteiger partial charge is 0.238 e. The van der Waals surface area contributed by atoms with Crippen molar-refractivity contribution in [2.24, 2.45) is 0 Å². The lowest BCUT2D eigenvalue weighted by molar-refractivity contribution is -0.229. The molecule has 0 aliphatic rings. The van der Waals surface area contributed by atoms with Gasteiger partial charge in [0.1, 0.15) is 8.07 Å². The van der Waals surface area contributed by atoms with Gasteiger partial charge in [0.25, 0.3) is 5.55 Å². The van der Waals surface area contributed by atoms with Crippen molar-refractivity contribution < 1.29 is 22.0 Å². The zero-order valence-electron chi connectivity index (χ0n) is 8.89. The number of hydrogen-bond acceptors (Lipinski definition) is 0. The van der Waals surface area contributed by atoms with E-state index in [1.54, 1.807) is 0 Å². The molecule has 0 spiro atoms. The van der Waals surface area contributed by atoms with Gasteiger partial charge in [0.2, 0.25) is 0 Å². The van der Waals surface area contributed by atoms with Crippen molar-refractivity contribution in [3.63, 3.8) is 0 Å². The van der Waals surface area contributed by atoms with Crippen LogP contribution in [-0.2, 0) is 0 Å². The van der Waals surface area contributed by atoms with Crippen molar-refractivity contribution in [2.75, 3.05) is 0 Å². The zero-order chi connectivity index (χ0) is 12.0. The lowest BCUT2D eigenvalue weighted by Crippen LogP contribution is -2.64. The first kappa shape index (κ1) is 13.9. The Morgan fingerprint density at radius 3 is 1.14 bits per heavy atom. The summed E-state index contributed by atoms with van der Waals surface area (Å²) >= 11 is 0. The van der Waals surface area contributed by atoms with Gasteiger partial charge in [0, 0.05) is 0 Å². The fraction of sp³-hybridized carbons (Fsp3) is 1.00. The Hall–Kier alpha value is -0.133. The number of alkyl halides is 5. The van der Waals surface area contributed by atoms with Crippen LogP contribution in [0.3, 0.4) is 0 Å². The highest BCUT2D eigenvalue weighted by Gasteiger charge is 2.70. The van der Waals surface area contributed by atoms with Gasteiger partial charge in [-0.2, -0.15) is 8.78 Å². The maximum atomic E-state index is 13.3. The molecule has 0 N–H and O–H groups in total. The highest BCUT2D eigenvalue weighted by atomic mass is 28.3. The quantitative estimate of drug-likeness (QED) is 0.513. The molecular formula is C8H15F5Si. The number of rotatable bonds is 3. The molecule has 0 atom stereocenters. The maximum Gasteiger partial charge on any atom is 0.338 e. The Bertz CT molecular complexity index is 187. The van der Waals surface area contributed by atoms with Crippen molar-refractivity contribution in [3.05, 3.63) is 0 Å².